The van der Waals surface area contributed by atoms with E-state index in [1.807, 2.05) is 48.9 Å². The molecule has 2 aromatic heterocycles. The van der Waals surface area contributed by atoms with E-state index in [-0.39, 0.29) is 43.5 Å². The van der Waals surface area contributed by atoms with E-state index in [2.05, 4.69) is 23.9 Å². The Hall–Kier alpha value is -3.66. The summed E-state index contributed by atoms with van der Waals surface area (Å²) in [7, 11) is 1.50. The van der Waals surface area contributed by atoms with Crippen molar-refractivity contribution in [2.75, 3.05) is 24.4 Å². The first-order valence-electron chi connectivity index (χ1n) is 11.6. The number of rotatable bonds is 10. The van der Waals surface area contributed by atoms with Gasteiger partial charge < -0.3 is 10.5 Å². The Balaban J connectivity index is 2.07. The summed E-state index contributed by atoms with van der Waals surface area (Å²) in [6.07, 6.45) is 0.0404. The number of nitrogen functional groups attached to an aromatic ring is 1. The van der Waals surface area contributed by atoms with Crippen molar-refractivity contribution in [3.63, 3.8) is 0 Å². The minimum absolute atomic E-state index is 0.0404. The monoisotopic (exact) mass is 482 g/mol. The van der Waals surface area contributed by atoms with Gasteiger partial charge in [0.15, 0.2) is 5.69 Å². The van der Waals surface area contributed by atoms with E-state index in [1.54, 1.807) is 0 Å². The number of ether oxygens (including phenoxy) is 1. The number of amides is 1. The predicted molar refractivity (Wildman–Crippen MR) is 135 cm³/mol. The Bertz CT molecular complexity index is 1290. The lowest BCUT2D eigenvalue weighted by Gasteiger charge is -2.25. The molecule has 0 aliphatic carbocycles. The third-order valence-electron chi connectivity index (χ3n) is 5.89. The molecule has 0 atom stereocenters. The number of benzene rings is 1. The molecule has 10 nitrogen and oxygen atoms in total. The molecule has 0 saturated heterocycles. The molecular weight excluding hydrogens is 448 g/mol. The van der Waals surface area contributed by atoms with Crippen LogP contribution in [-0.4, -0.2) is 39.0 Å². The van der Waals surface area contributed by atoms with E-state index in [9.17, 15) is 14.4 Å². The highest BCUT2D eigenvalue weighted by Crippen LogP contribution is 2.23. The maximum atomic E-state index is 13.7. The molecular formula is C25H34N6O4. The Morgan fingerprint density at radius 1 is 1.20 bits per heavy atom. The first-order valence-corrected chi connectivity index (χ1v) is 11.6. The number of anilines is 2. The van der Waals surface area contributed by atoms with Crippen molar-refractivity contribution in [1.82, 2.24) is 19.3 Å². The zero-order valence-electron chi connectivity index (χ0n) is 21.0. The van der Waals surface area contributed by atoms with Crippen LogP contribution in [0.15, 0.2) is 39.9 Å². The van der Waals surface area contributed by atoms with Gasteiger partial charge in [-0.2, -0.15) is 5.10 Å². The van der Waals surface area contributed by atoms with Crippen LogP contribution in [0.1, 0.15) is 36.4 Å². The molecule has 0 radical (unpaired) electrons. The van der Waals surface area contributed by atoms with Crippen molar-refractivity contribution in [1.29, 1.82) is 0 Å². The number of carbonyl (C=O) groups excluding carboxylic acids is 1. The SMILES string of the molecule is COCCn1c(N)c(N(Cc2ccccc2)C(=O)Cc2c(C)nn(CC(C)C)c2C)c(=O)[nH]c1=O. The van der Waals surface area contributed by atoms with Gasteiger partial charge in [-0.3, -0.25) is 28.7 Å². The van der Waals surface area contributed by atoms with Crippen LogP contribution in [0.25, 0.3) is 0 Å². The molecule has 3 rings (SSSR count). The number of nitrogens with two attached hydrogens (primary N) is 1. The normalized spacial score (nSPS) is 11.3. The largest absolute Gasteiger partial charge is 0.383 e. The third-order valence-corrected chi connectivity index (χ3v) is 5.89. The standard InChI is InChI=1S/C25H34N6O4/c1-16(2)14-31-18(4)20(17(3)28-31)13-21(32)30(15-19-9-7-6-8-10-19)22-23(26)29(11-12-35-5)25(34)27-24(22)33/h6-10,16H,11-15,26H2,1-5H3,(H,27,33,34). The van der Waals surface area contributed by atoms with E-state index in [1.165, 1.54) is 16.6 Å². The second-order valence-corrected chi connectivity index (χ2v) is 9.01. The van der Waals surface area contributed by atoms with Gasteiger partial charge in [-0.15, -0.1) is 0 Å². The summed E-state index contributed by atoms with van der Waals surface area (Å²) in [5.74, 6) is -0.0000389. The summed E-state index contributed by atoms with van der Waals surface area (Å²) in [5.41, 5.74) is 8.20. The average molecular weight is 483 g/mol. The molecule has 35 heavy (non-hydrogen) atoms. The molecule has 10 heteroatoms. The van der Waals surface area contributed by atoms with Crippen LogP contribution in [0.2, 0.25) is 0 Å². The Kier molecular flexibility index (Phi) is 8.29. The number of aryl methyl sites for hydroxylation is 1. The van der Waals surface area contributed by atoms with Crippen LogP contribution in [0.5, 0.6) is 0 Å². The molecule has 188 valence electrons. The van der Waals surface area contributed by atoms with Crippen LogP contribution in [-0.2, 0) is 35.6 Å². The number of hydrogen-bond acceptors (Lipinski definition) is 6. The third kappa shape index (κ3) is 5.89. The Morgan fingerprint density at radius 2 is 1.89 bits per heavy atom. The molecule has 0 aliphatic rings. The topological polar surface area (TPSA) is 128 Å². The minimum Gasteiger partial charge on any atom is -0.383 e. The minimum atomic E-state index is -0.714. The van der Waals surface area contributed by atoms with Gasteiger partial charge in [0.25, 0.3) is 5.56 Å². The highest BCUT2D eigenvalue weighted by molar-refractivity contribution is 5.97. The van der Waals surface area contributed by atoms with Crippen molar-refractivity contribution in [2.45, 2.75) is 53.8 Å². The van der Waals surface area contributed by atoms with Gasteiger partial charge in [0.2, 0.25) is 5.91 Å². The number of carbonyl (C=O) groups is 1. The first-order chi connectivity index (χ1) is 16.6. The number of nitrogens with zero attached hydrogens (tertiary/aromatic N) is 4. The van der Waals surface area contributed by atoms with Crippen molar-refractivity contribution in [3.05, 3.63) is 73.7 Å². The summed E-state index contributed by atoms with van der Waals surface area (Å²) in [6.45, 7) is 9.25. The summed E-state index contributed by atoms with van der Waals surface area (Å²) >= 11 is 0. The zero-order valence-corrected chi connectivity index (χ0v) is 21.0. The summed E-state index contributed by atoms with van der Waals surface area (Å²) in [4.78, 5) is 42.7. The van der Waals surface area contributed by atoms with E-state index in [0.29, 0.717) is 5.92 Å². The molecule has 0 bridgehead atoms. The fourth-order valence-corrected chi connectivity index (χ4v) is 4.06. The molecule has 3 N–H and O–H groups in total. The fraction of sp³-hybridized carbons (Fsp3) is 0.440. The van der Waals surface area contributed by atoms with Crippen LogP contribution >= 0.6 is 0 Å². The van der Waals surface area contributed by atoms with Crippen molar-refractivity contribution in [3.8, 4) is 0 Å². The summed E-state index contributed by atoms with van der Waals surface area (Å²) in [6, 6.07) is 9.31. The molecule has 2 heterocycles. The van der Waals surface area contributed by atoms with Gasteiger partial charge in [-0.05, 0) is 25.3 Å². The fourth-order valence-electron chi connectivity index (χ4n) is 4.06. The number of aromatic amines is 1. The zero-order chi connectivity index (χ0) is 25.7. The van der Waals surface area contributed by atoms with Crippen molar-refractivity contribution in [2.24, 2.45) is 5.92 Å². The molecule has 0 aliphatic heterocycles. The van der Waals surface area contributed by atoms with Crippen molar-refractivity contribution >= 4 is 17.4 Å². The van der Waals surface area contributed by atoms with Crippen LogP contribution < -0.4 is 21.9 Å². The molecule has 0 spiro atoms. The second-order valence-electron chi connectivity index (χ2n) is 9.01. The maximum absolute atomic E-state index is 13.7. The Morgan fingerprint density at radius 3 is 2.51 bits per heavy atom. The smallest absolute Gasteiger partial charge is 0.330 e. The Labute approximate surface area is 204 Å². The predicted octanol–water partition coefficient (Wildman–Crippen LogP) is 2.01. The number of hydrogen-bond donors (Lipinski definition) is 2. The summed E-state index contributed by atoms with van der Waals surface area (Å²) < 4.78 is 8.19. The molecule has 0 saturated carbocycles. The highest BCUT2D eigenvalue weighted by atomic mass is 16.5. The van der Waals surface area contributed by atoms with Crippen LogP contribution in [0.4, 0.5) is 11.5 Å². The van der Waals surface area contributed by atoms with Crippen LogP contribution in [0, 0.1) is 19.8 Å². The van der Waals surface area contributed by atoms with E-state index < -0.39 is 11.2 Å². The molecule has 1 aromatic carbocycles. The first kappa shape index (κ1) is 26.0. The summed E-state index contributed by atoms with van der Waals surface area (Å²) in [5, 5.41) is 4.61. The van der Waals surface area contributed by atoms with Gasteiger partial charge in [0, 0.05) is 24.9 Å². The quantitative estimate of drug-likeness (QED) is 0.455. The molecule has 0 fully saturated rings. The number of aromatic nitrogens is 4. The number of methoxy groups -OCH3 is 1. The second kappa shape index (κ2) is 11.2. The molecule has 0 unspecified atom stereocenters. The van der Waals surface area contributed by atoms with Gasteiger partial charge in [-0.1, -0.05) is 44.2 Å². The maximum Gasteiger partial charge on any atom is 0.330 e. The van der Waals surface area contributed by atoms with Crippen molar-refractivity contribution < 1.29 is 9.53 Å². The lowest BCUT2D eigenvalue weighted by molar-refractivity contribution is -0.118. The average Bonchev–Trinajstić information content (AvgIpc) is 3.05. The van der Waals surface area contributed by atoms with Gasteiger partial charge in [0.05, 0.1) is 31.8 Å². The van der Waals surface area contributed by atoms with Gasteiger partial charge >= 0.3 is 5.69 Å². The lowest BCUT2D eigenvalue weighted by atomic mass is 10.1. The van der Waals surface area contributed by atoms with E-state index in [0.717, 1.165) is 29.1 Å². The van der Waals surface area contributed by atoms with E-state index in [4.69, 9.17) is 10.5 Å². The van der Waals surface area contributed by atoms with Gasteiger partial charge in [-0.25, -0.2) is 4.79 Å². The highest BCUT2D eigenvalue weighted by Gasteiger charge is 2.26. The van der Waals surface area contributed by atoms with Gasteiger partial charge in [0.1, 0.15) is 5.82 Å². The lowest BCUT2D eigenvalue weighted by Crippen LogP contribution is -2.41. The number of nitrogens with one attached hydrogen (secondary N) is 1. The number of H-pyrrole nitrogens is 1. The molecule has 3 aromatic rings. The molecule has 1 amide bonds. The van der Waals surface area contributed by atoms with E-state index >= 15 is 0 Å². The van der Waals surface area contributed by atoms with Crippen LogP contribution in [0.3, 0.4) is 0 Å².